The maximum absolute atomic E-state index is 11.8. The summed E-state index contributed by atoms with van der Waals surface area (Å²) in [7, 11) is 0. The van der Waals surface area contributed by atoms with E-state index in [1.165, 1.54) is 0 Å². The Morgan fingerprint density at radius 1 is 1.72 bits per heavy atom. The molecule has 2 aliphatic rings. The summed E-state index contributed by atoms with van der Waals surface area (Å²) in [6.07, 6.45) is 5.21. The summed E-state index contributed by atoms with van der Waals surface area (Å²) in [4.78, 5) is 11.8. The summed E-state index contributed by atoms with van der Waals surface area (Å²) in [6, 6.07) is 0.170. The van der Waals surface area contributed by atoms with Gasteiger partial charge in [-0.25, -0.2) is 4.79 Å². The minimum absolute atomic E-state index is 0.170. The minimum Gasteiger partial charge on any atom is -0.463 e. The molecule has 4 heteroatoms. The van der Waals surface area contributed by atoms with E-state index in [0.717, 1.165) is 6.42 Å². The van der Waals surface area contributed by atoms with E-state index in [9.17, 15) is 4.79 Å². The number of hydrogen-bond donors (Lipinski definition) is 1. The maximum Gasteiger partial charge on any atom is 0.333 e. The fourth-order valence-electron chi connectivity index (χ4n) is 2.77. The molecule has 0 aromatic heterocycles. The number of ether oxygens (including phenoxy) is 2. The first-order chi connectivity index (χ1) is 8.42. The Morgan fingerprint density at radius 2 is 2.44 bits per heavy atom. The molecule has 1 heterocycles. The van der Waals surface area contributed by atoms with Crippen molar-refractivity contribution in [2.75, 3.05) is 6.61 Å². The van der Waals surface area contributed by atoms with Gasteiger partial charge in [-0.3, -0.25) is 5.32 Å². The van der Waals surface area contributed by atoms with Gasteiger partial charge in [0, 0.05) is 11.6 Å². The molecule has 2 rings (SSSR count). The average molecular weight is 251 g/mol. The molecule has 1 fully saturated rings. The highest BCUT2D eigenvalue weighted by Crippen LogP contribution is 2.40. The van der Waals surface area contributed by atoms with E-state index in [-0.39, 0.29) is 12.0 Å². The summed E-state index contributed by atoms with van der Waals surface area (Å²) in [5, 5.41) is 3.43. The Bertz CT molecular complexity index is 400. The summed E-state index contributed by atoms with van der Waals surface area (Å²) in [5.74, 6) is -0.245. The van der Waals surface area contributed by atoms with Crippen molar-refractivity contribution in [1.29, 1.82) is 0 Å². The van der Waals surface area contributed by atoms with Crippen LogP contribution in [0, 0.1) is 0 Å². The van der Waals surface area contributed by atoms with Crippen LogP contribution in [0.4, 0.5) is 0 Å². The van der Waals surface area contributed by atoms with Gasteiger partial charge in [0.1, 0.15) is 11.3 Å². The van der Waals surface area contributed by atoms with Crippen molar-refractivity contribution < 1.29 is 14.3 Å². The predicted octanol–water partition coefficient (Wildman–Crippen LogP) is 1.92. The van der Waals surface area contributed by atoms with E-state index in [4.69, 9.17) is 9.47 Å². The molecule has 18 heavy (non-hydrogen) atoms. The first kappa shape index (κ1) is 13.3. The van der Waals surface area contributed by atoms with Gasteiger partial charge in [0.2, 0.25) is 0 Å². The third-order valence-electron chi connectivity index (χ3n) is 3.46. The molecule has 0 saturated carbocycles. The smallest absolute Gasteiger partial charge is 0.333 e. The molecule has 1 saturated heterocycles. The highest BCUT2D eigenvalue weighted by Gasteiger charge is 2.50. The second kappa shape index (κ2) is 4.52. The molecule has 100 valence electrons. The van der Waals surface area contributed by atoms with Crippen LogP contribution in [0.15, 0.2) is 24.3 Å². The normalized spacial score (nSPS) is 33.5. The maximum atomic E-state index is 11.8. The fraction of sp³-hybridized carbons (Fsp3) is 0.643. The Morgan fingerprint density at radius 3 is 3.06 bits per heavy atom. The van der Waals surface area contributed by atoms with Crippen LogP contribution in [0.2, 0.25) is 0 Å². The van der Waals surface area contributed by atoms with Crippen molar-refractivity contribution in [1.82, 2.24) is 5.32 Å². The topological polar surface area (TPSA) is 47.6 Å². The molecule has 0 aromatic carbocycles. The van der Waals surface area contributed by atoms with Gasteiger partial charge in [0.25, 0.3) is 0 Å². The zero-order chi connectivity index (χ0) is 13.4. The monoisotopic (exact) mass is 251 g/mol. The van der Waals surface area contributed by atoms with Gasteiger partial charge in [0.15, 0.2) is 0 Å². The quantitative estimate of drug-likeness (QED) is 0.615. The van der Waals surface area contributed by atoms with Gasteiger partial charge in [0.05, 0.1) is 6.61 Å². The van der Waals surface area contributed by atoms with Gasteiger partial charge < -0.3 is 9.47 Å². The van der Waals surface area contributed by atoms with Crippen LogP contribution in [-0.2, 0) is 14.3 Å². The average Bonchev–Trinajstić information content (AvgIpc) is 2.59. The van der Waals surface area contributed by atoms with Crippen molar-refractivity contribution in [3.05, 3.63) is 24.3 Å². The number of esters is 1. The summed E-state index contributed by atoms with van der Waals surface area (Å²) in [5.41, 5.74) is -0.309. The lowest BCUT2D eigenvalue weighted by Crippen LogP contribution is -2.44. The molecule has 4 nitrogen and oxygen atoms in total. The SMILES string of the molecule is C=CC12C=C(C(=O)OCC)CC[C@@H]1NC(C)(C)O2. The van der Waals surface area contributed by atoms with Crippen molar-refractivity contribution in [3.8, 4) is 0 Å². The number of carbonyl (C=O) groups is 1. The first-order valence-corrected chi connectivity index (χ1v) is 6.43. The van der Waals surface area contributed by atoms with E-state index in [0.29, 0.717) is 18.6 Å². The summed E-state index contributed by atoms with van der Waals surface area (Å²) < 4.78 is 11.1. The molecule has 0 radical (unpaired) electrons. The van der Waals surface area contributed by atoms with E-state index in [1.54, 1.807) is 6.08 Å². The molecule has 0 amide bonds. The van der Waals surface area contributed by atoms with Crippen molar-refractivity contribution >= 4 is 5.97 Å². The standard InChI is InChI=1S/C14H21NO3/c1-5-14-9-10(12(16)17-6-2)7-8-11(14)15-13(3,4)18-14/h5,9,11,15H,1,6-8H2,2-4H3/t11-,14?/m0/s1. The lowest BCUT2D eigenvalue weighted by atomic mass is 9.82. The van der Waals surface area contributed by atoms with Gasteiger partial charge >= 0.3 is 5.97 Å². The Hall–Kier alpha value is -1.13. The number of fused-ring (bicyclic) bond motifs is 1. The van der Waals surface area contributed by atoms with Crippen LogP contribution in [0.5, 0.6) is 0 Å². The van der Waals surface area contributed by atoms with Gasteiger partial charge in [-0.15, -0.1) is 0 Å². The van der Waals surface area contributed by atoms with Crippen molar-refractivity contribution in [2.45, 2.75) is 51.0 Å². The molecule has 0 spiro atoms. The molecule has 1 aliphatic carbocycles. The summed E-state index contributed by atoms with van der Waals surface area (Å²) >= 11 is 0. The van der Waals surface area contributed by atoms with Crippen molar-refractivity contribution in [3.63, 3.8) is 0 Å². The van der Waals surface area contributed by atoms with E-state index >= 15 is 0 Å². The molecule has 0 aromatic rings. The highest BCUT2D eigenvalue weighted by molar-refractivity contribution is 5.89. The number of hydrogen-bond acceptors (Lipinski definition) is 4. The van der Waals surface area contributed by atoms with Crippen LogP contribution in [0.3, 0.4) is 0 Å². The minimum atomic E-state index is -0.593. The molecule has 2 atom stereocenters. The molecule has 0 bridgehead atoms. The third kappa shape index (κ3) is 2.22. The molecular weight excluding hydrogens is 230 g/mol. The number of rotatable bonds is 3. The second-order valence-electron chi connectivity index (χ2n) is 5.30. The van der Waals surface area contributed by atoms with Crippen LogP contribution < -0.4 is 5.32 Å². The Labute approximate surface area is 108 Å². The molecular formula is C14H21NO3. The Kier molecular flexibility index (Phi) is 3.34. The van der Waals surface area contributed by atoms with Crippen LogP contribution in [-0.4, -0.2) is 29.9 Å². The largest absolute Gasteiger partial charge is 0.463 e. The fourth-order valence-corrected chi connectivity index (χ4v) is 2.77. The lowest BCUT2D eigenvalue weighted by Gasteiger charge is -2.32. The van der Waals surface area contributed by atoms with Crippen LogP contribution in [0.25, 0.3) is 0 Å². The van der Waals surface area contributed by atoms with E-state index in [1.807, 2.05) is 26.8 Å². The van der Waals surface area contributed by atoms with Crippen LogP contribution in [0.1, 0.15) is 33.6 Å². The third-order valence-corrected chi connectivity index (χ3v) is 3.46. The van der Waals surface area contributed by atoms with Gasteiger partial charge in [-0.2, -0.15) is 0 Å². The zero-order valence-electron chi connectivity index (χ0n) is 11.3. The molecule has 1 unspecified atom stereocenters. The van der Waals surface area contributed by atoms with Crippen molar-refractivity contribution in [2.24, 2.45) is 0 Å². The van der Waals surface area contributed by atoms with E-state index < -0.39 is 11.3 Å². The number of nitrogens with one attached hydrogen (secondary N) is 1. The molecule has 1 N–H and O–H groups in total. The van der Waals surface area contributed by atoms with E-state index in [2.05, 4.69) is 11.9 Å². The van der Waals surface area contributed by atoms with Crippen LogP contribution >= 0.6 is 0 Å². The highest BCUT2D eigenvalue weighted by atomic mass is 16.6. The van der Waals surface area contributed by atoms with Gasteiger partial charge in [-0.05, 0) is 39.7 Å². The first-order valence-electron chi connectivity index (χ1n) is 6.43. The number of carbonyl (C=O) groups excluding carboxylic acids is 1. The Balaban J connectivity index is 2.29. The lowest BCUT2D eigenvalue weighted by molar-refractivity contribution is -0.139. The molecule has 1 aliphatic heterocycles. The zero-order valence-corrected chi connectivity index (χ0v) is 11.3. The second-order valence-corrected chi connectivity index (χ2v) is 5.30. The summed E-state index contributed by atoms with van der Waals surface area (Å²) in [6.45, 7) is 10.0. The predicted molar refractivity (Wildman–Crippen MR) is 69.0 cm³/mol. The van der Waals surface area contributed by atoms with Gasteiger partial charge in [-0.1, -0.05) is 12.7 Å².